The Morgan fingerprint density at radius 3 is 2.44 bits per heavy atom. The van der Waals surface area contributed by atoms with Crippen LogP contribution in [-0.2, 0) is 14.8 Å². The van der Waals surface area contributed by atoms with Gasteiger partial charge >= 0.3 is 5.69 Å². The van der Waals surface area contributed by atoms with Crippen LogP contribution in [-0.4, -0.2) is 43.2 Å². The number of ether oxygens (including phenoxy) is 1. The van der Waals surface area contributed by atoms with E-state index in [4.69, 9.17) is 4.74 Å². The van der Waals surface area contributed by atoms with Crippen LogP contribution in [0.1, 0.15) is 37.7 Å². The number of hydrogen-bond donors (Lipinski definition) is 1. The van der Waals surface area contributed by atoms with E-state index in [2.05, 4.69) is 5.32 Å². The van der Waals surface area contributed by atoms with Crippen molar-refractivity contribution in [3.63, 3.8) is 0 Å². The first-order chi connectivity index (χ1) is 15.2. The minimum atomic E-state index is -3.62. The van der Waals surface area contributed by atoms with Crippen LogP contribution in [0.4, 0.5) is 11.4 Å². The highest BCUT2D eigenvalue weighted by Crippen LogP contribution is 2.28. The van der Waals surface area contributed by atoms with E-state index in [0.717, 1.165) is 37.7 Å². The third-order valence-corrected chi connectivity index (χ3v) is 7.50. The number of benzene rings is 2. The number of nitro benzene ring substituents is 1. The molecule has 10 heteroatoms. The number of aryl methyl sites for hydroxylation is 1. The van der Waals surface area contributed by atoms with Crippen molar-refractivity contribution in [2.75, 3.05) is 19.0 Å². The van der Waals surface area contributed by atoms with Gasteiger partial charge in [0.15, 0.2) is 12.4 Å². The van der Waals surface area contributed by atoms with Crippen LogP contribution in [0, 0.1) is 17.0 Å². The molecular formula is C22H27N3O6S. The minimum absolute atomic E-state index is 0.0101. The zero-order valence-electron chi connectivity index (χ0n) is 18.1. The van der Waals surface area contributed by atoms with Gasteiger partial charge in [-0.05, 0) is 55.7 Å². The highest BCUT2D eigenvalue weighted by Gasteiger charge is 2.29. The molecule has 1 saturated carbocycles. The maximum Gasteiger partial charge on any atom is 0.310 e. The molecule has 9 nitrogen and oxygen atoms in total. The molecule has 2 aromatic carbocycles. The molecule has 1 aliphatic carbocycles. The number of carbonyl (C=O) groups excluding carboxylic acids is 1. The van der Waals surface area contributed by atoms with E-state index in [-0.39, 0.29) is 22.4 Å². The Hall–Kier alpha value is -2.98. The molecule has 0 bridgehead atoms. The second-order valence-corrected chi connectivity index (χ2v) is 9.90. The van der Waals surface area contributed by atoms with Gasteiger partial charge in [-0.1, -0.05) is 25.3 Å². The zero-order valence-corrected chi connectivity index (χ0v) is 18.9. The van der Waals surface area contributed by atoms with E-state index in [9.17, 15) is 23.3 Å². The van der Waals surface area contributed by atoms with Crippen LogP contribution in [0.3, 0.4) is 0 Å². The summed E-state index contributed by atoms with van der Waals surface area (Å²) in [6.45, 7) is 1.34. The van der Waals surface area contributed by atoms with Gasteiger partial charge in [0.1, 0.15) is 0 Å². The summed E-state index contributed by atoms with van der Waals surface area (Å²) in [5, 5.41) is 13.7. The maximum absolute atomic E-state index is 12.9. The third kappa shape index (κ3) is 5.63. The van der Waals surface area contributed by atoms with Crippen molar-refractivity contribution in [2.45, 2.75) is 50.0 Å². The van der Waals surface area contributed by atoms with Gasteiger partial charge in [0.2, 0.25) is 10.0 Å². The summed E-state index contributed by atoms with van der Waals surface area (Å²) in [5.41, 5.74) is 0.942. The molecule has 1 amide bonds. The molecule has 0 spiro atoms. The van der Waals surface area contributed by atoms with E-state index in [1.54, 1.807) is 20.0 Å². The quantitative estimate of drug-likeness (QED) is 0.471. The van der Waals surface area contributed by atoms with Crippen molar-refractivity contribution in [2.24, 2.45) is 0 Å². The Morgan fingerprint density at radius 1 is 1.16 bits per heavy atom. The molecule has 1 fully saturated rings. The van der Waals surface area contributed by atoms with E-state index in [1.807, 2.05) is 0 Å². The Bertz CT molecular complexity index is 1080. The highest BCUT2D eigenvalue weighted by molar-refractivity contribution is 7.89. The lowest BCUT2D eigenvalue weighted by Crippen LogP contribution is -2.38. The first-order valence-electron chi connectivity index (χ1n) is 10.4. The summed E-state index contributed by atoms with van der Waals surface area (Å²) >= 11 is 0. The van der Waals surface area contributed by atoms with Crippen molar-refractivity contribution in [3.8, 4) is 5.75 Å². The second kappa shape index (κ2) is 10.1. The highest BCUT2D eigenvalue weighted by atomic mass is 32.2. The molecule has 0 unspecified atom stereocenters. The molecule has 1 aliphatic rings. The van der Waals surface area contributed by atoms with Crippen molar-refractivity contribution in [3.05, 3.63) is 58.1 Å². The third-order valence-electron chi connectivity index (χ3n) is 5.57. The van der Waals surface area contributed by atoms with Crippen LogP contribution in [0.5, 0.6) is 5.75 Å². The number of nitrogens with zero attached hydrogens (tertiary/aromatic N) is 2. The Kier molecular flexibility index (Phi) is 7.47. The average molecular weight is 462 g/mol. The molecule has 172 valence electrons. The summed E-state index contributed by atoms with van der Waals surface area (Å²) in [7, 11) is -2.00. The number of hydrogen-bond acceptors (Lipinski definition) is 6. The average Bonchev–Trinajstić information content (AvgIpc) is 2.78. The summed E-state index contributed by atoms with van der Waals surface area (Å²) in [5.74, 6) is -0.506. The van der Waals surface area contributed by atoms with E-state index in [1.165, 1.54) is 40.7 Å². The zero-order chi connectivity index (χ0) is 23.3. The van der Waals surface area contributed by atoms with Gasteiger partial charge in [-0.2, -0.15) is 4.31 Å². The van der Waals surface area contributed by atoms with Crippen molar-refractivity contribution in [1.29, 1.82) is 0 Å². The fourth-order valence-electron chi connectivity index (χ4n) is 3.75. The molecule has 3 rings (SSSR count). The summed E-state index contributed by atoms with van der Waals surface area (Å²) in [6.07, 6.45) is 4.93. The number of carbonyl (C=O) groups is 1. The minimum Gasteiger partial charge on any atom is -0.477 e. The van der Waals surface area contributed by atoms with Gasteiger partial charge < -0.3 is 10.1 Å². The number of nitro groups is 1. The molecule has 0 radical (unpaired) electrons. The van der Waals surface area contributed by atoms with Gasteiger partial charge in [0.05, 0.1) is 9.82 Å². The SMILES string of the molecule is Cc1ccc([N+](=O)[O-])c(OCC(=O)Nc2ccc(S(=O)(=O)N(C)C3CCCCC3)cc2)c1. The number of rotatable bonds is 8. The first-order valence-corrected chi connectivity index (χ1v) is 11.9. The van der Waals surface area contributed by atoms with Crippen molar-refractivity contribution >= 4 is 27.3 Å². The fourth-order valence-corrected chi connectivity index (χ4v) is 5.16. The lowest BCUT2D eigenvalue weighted by molar-refractivity contribution is -0.385. The first kappa shape index (κ1) is 23.7. The summed E-state index contributed by atoms with van der Waals surface area (Å²) < 4.78 is 32.6. The number of nitrogens with one attached hydrogen (secondary N) is 1. The predicted molar refractivity (Wildman–Crippen MR) is 120 cm³/mol. The van der Waals surface area contributed by atoms with Gasteiger partial charge in [-0.15, -0.1) is 0 Å². The largest absolute Gasteiger partial charge is 0.477 e. The fraction of sp³-hybridized carbons (Fsp3) is 0.409. The molecular weight excluding hydrogens is 434 g/mol. The molecule has 32 heavy (non-hydrogen) atoms. The normalized spacial score (nSPS) is 14.8. The standard InChI is InChI=1S/C22H27N3O6S/c1-16-8-13-20(25(27)28)21(14-16)31-15-22(26)23-17-9-11-19(12-10-17)32(29,30)24(2)18-6-4-3-5-7-18/h8-14,18H,3-7,15H2,1-2H3,(H,23,26). The van der Waals surface area contributed by atoms with Gasteiger partial charge in [0, 0.05) is 24.8 Å². The van der Waals surface area contributed by atoms with Crippen LogP contribution in [0.2, 0.25) is 0 Å². The topological polar surface area (TPSA) is 119 Å². The summed E-state index contributed by atoms with van der Waals surface area (Å²) in [4.78, 5) is 22.9. The van der Waals surface area contributed by atoms with Crippen LogP contribution >= 0.6 is 0 Å². The predicted octanol–water partition coefficient (Wildman–Crippen LogP) is 3.87. The van der Waals surface area contributed by atoms with Crippen molar-refractivity contribution in [1.82, 2.24) is 4.31 Å². The molecule has 0 aromatic heterocycles. The molecule has 2 aromatic rings. The van der Waals surface area contributed by atoms with E-state index in [0.29, 0.717) is 5.69 Å². The molecule has 0 aliphatic heterocycles. The van der Waals surface area contributed by atoms with Gasteiger partial charge in [-0.3, -0.25) is 14.9 Å². The van der Waals surface area contributed by atoms with Gasteiger partial charge in [0.25, 0.3) is 5.91 Å². The van der Waals surface area contributed by atoms with Gasteiger partial charge in [-0.25, -0.2) is 8.42 Å². The number of amides is 1. The number of anilines is 1. The monoisotopic (exact) mass is 461 g/mol. The smallest absolute Gasteiger partial charge is 0.310 e. The summed E-state index contributed by atoms with van der Waals surface area (Å²) in [6, 6.07) is 10.3. The molecule has 0 saturated heterocycles. The lowest BCUT2D eigenvalue weighted by atomic mass is 9.96. The number of sulfonamides is 1. The second-order valence-electron chi connectivity index (χ2n) is 7.90. The Morgan fingerprint density at radius 2 is 1.81 bits per heavy atom. The Balaban J connectivity index is 1.61. The molecule has 0 heterocycles. The van der Waals surface area contributed by atoms with E-state index < -0.39 is 27.5 Å². The maximum atomic E-state index is 12.9. The molecule has 1 N–H and O–H groups in total. The van der Waals surface area contributed by atoms with Crippen LogP contribution < -0.4 is 10.1 Å². The van der Waals surface area contributed by atoms with Crippen LogP contribution in [0.15, 0.2) is 47.4 Å². The van der Waals surface area contributed by atoms with Crippen LogP contribution in [0.25, 0.3) is 0 Å². The Labute approximate surface area is 187 Å². The van der Waals surface area contributed by atoms with E-state index >= 15 is 0 Å². The van der Waals surface area contributed by atoms with Crippen molar-refractivity contribution < 1.29 is 22.9 Å². The molecule has 0 atom stereocenters. The lowest BCUT2D eigenvalue weighted by Gasteiger charge is -2.30.